The van der Waals surface area contributed by atoms with Gasteiger partial charge in [0.05, 0.1) is 0 Å². The summed E-state index contributed by atoms with van der Waals surface area (Å²) in [5, 5.41) is 11.1. The zero-order valence-electron chi connectivity index (χ0n) is 13.2. The second-order valence-corrected chi connectivity index (χ2v) is 5.65. The van der Waals surface area contributed by atoms with Crippen LogP contribution in [0.25, 0.3) is 0 Å². The van der Waals surface area contributed by atoms with Crippen LogP contribution in [0.3, 0.4) is 0 Å². The zero-order valence-corrected chi connectivity index (χ0v) is 13.2. The number of benzene rings is 1. The summed E-state index contributed by atoms with van der Waals surface area (Å²) in [7, 11) is 3.20. The van der Waals surface area contributed by atoms with Gasteiger partial charge in [-0.2, -0.15) is 0 Å². The molecule has 1 aromatic rings. The number of aliphatic carboxylic acids is 1. The Balaban J connectivity index is 1.95. The molecular weight excluding hydrogens is 300 g/mol. The summed E-state index contributed by atoms with van der Waals surface area (Å²) < 4.78 is 5.05. The van der Waals surface area contributed by atoms with E-state index in [2.05, 4.69) is 5.32 Å². The lowest BCUT2D eigenvalue weighted by Crippen LogP contribution is -2.42. The number of carboxylic acid groups (broad SMARTS) is 1. The van der Waals surface area contributed by atoms with Crippen molar-refractivity contribution in [1.82, 2.24) is 10.2 Å². The molecule has 0 aromatic heterocycles. The lowest BCUT2D eigenvalue weighted by molar-refractivity contribution is -0.143. The molecule has 0 saturated heterocycles. The first-order valence-electron chi connectivity index (χ1n) is 7.30. The predicted octanol–water partition coefficient (Wildman–Crippen LogP) is 0.635. The Bertz CT molecular complexity index is 607. The third kappa shape index (κ3) is 3.80. The Morgan fingerprint density at radius 3 is 2.35 bits per heavy atom. The van der Waals surface area contributed by atoms with Crippen LogP contribution in [0.4, 0.5) is 0 Å². The van der Waals surface area contributed by atoms with Gasteiger partial charge in [-0.3, -0.25) is 9.59 Å². The molecule has 7 nitrogen and oxygen atoms in total. The summed E-state index contributed by atoms with van der Waals surface area (Å²) in [4.78, 5) is 36.3. The molecule has 23 heavy (non-hydrogen) atoms. The lowest BCUT2D eigenvalue weighted by Gasteiger charge is -2.22. The second-order valence-electron chi connectivity index (χ2n) is 5.65. The Hall–Kier alpha value is -2.57. The molecule has 0 heterocycles. The van der Waals surface area contributed by atoms with Gasteiger partial charge in [0.1, 0.15) is 11.2 Å². The van der Waals surface area contributed by atoms with Crippen molar-refractivity contribution in [3.8, 4) is 5.75 Å². The minimum Gasteiger partial charge on any atom is -0.482 e. The van der Waals surface area contributed by atoms with Crippen LogP contribution in [0.5, 0.6) is 5.75 Å². The van der Waals surface area contributed by atoms with Gasteiger partial charge >= 0.3 is 5.97 Å². The maximum atomic E-state index is 12.5. The largest absolute Gasteiger partial charge is 0.482 e. The molecule has 2 N–H and O–H groups in total. The maximum absolute atomic E-state index is 12.5. The first-order chi connectivity index (χ1) is 10.9. The monoisotopic (exact) mass is 320 g/mol. The third-order valence-corrected chi connectivity index (χ3v) is 3.87. The second kappa shape index (κ2) is 6.68. The van der Waals surface area contributed by atoms with Gasteiger partial charge in [0.2, 0.25) is 11.8 Å². The smallest absolute Gasteiger partial charge is 0.341 e. The summed E-state index contributed by atoms with van der Waals surface area (Å²) in [6.45, 7) is -0.0246. The van der Waals surface area contributed by atoms with Crippen LogP contribution in [-0.2, 0) is 20.9 Å². The Kier molecular flexibility index (Phi) is 4.88. The predicted molar refractivity (Wildman–Crippen MR) is 81.8 cm³/mol. The average Bonchev–Trinajstić information content (AvgIpc) is 3.34. The average molecular weight is 320 g/mol. The molecule has 2 amide bonds. The number of ether oxygens (including phenoxy) is 1. The van der Waals surface area contributed by atoms with E-state index in [1.807, 2.05) is 0 Å². The number of nitrogens with one attached hydrogen (secondary N) is 1. The van der Waals surface area contributed by atoms with E-state index in [0.29, 0.717) is 25.1 Å². The minimum absolute atomic E-state index is 0.178. The number of carbonyl (C=O) groups excluding carboxylic acids is 2. The first-order valence-corrected chi connectivity index (χ1v) is 7.30. The SMILES string of the molecule is CNC(=O)C1(C(=O)N(C)Cc2ccc(OCC(=O)O)cc2)CC1. The van der Waals surface area contributed by atoms with E-state index in [0.717, 1.165) is 5.56 Å². The third-order valence-electron chi connectivity index (χ3n) is 3.87. The molecule has 1 saturated carbocycles. The number of hydrogen-bond acceptors (Lipinski definition) is 4. The number of amides is 2. The van der Waals surface area contributed by atoms with Crippen molar-refractivity contribution in [3.63, 3.8) is 0 Å². The van der Waals surface area contributed by atoms with Crippen LogP contribution in [0, 0.1) is 5.41 Å². The lowest BCUT2D eigenvalue weighted by atomic mass is 10.0. The Morgan fingerprint density at radius 1 is 1.26 bits per heavy atom. The van der Waals surface area contributed by atoms with Gasteiger partial charge in [0.15, 0.2) is 6.61 Å². The Morgan fingerprint density at radius 2 is 1.87 bits per heavy atom. The van der Waals surface area contributed by atoms with E-state index in [1.54, 1.807) is 31.3 Å². The van der Waals surface area contributed by atoms with Gasteiger partial charge in [-0.25, -0.2) is 4.79 Å². The van der Waals surface area contributed by atoms with Crippen LogP contribution in [0.1, 0.15) is 18.4 Å². The molecule has 7 heteroatoms. The van der Waals surface area contributed by atoms with Crippen molar-refractivity contribution < 1.29 is 24.2 Å². The summed E-state index contributed by atoms with van der Waals surface area (Å²) in [6, 6.07) is 6.84. The molecule has 1 aliphatic carbocycles. The first kappa shape index (κ1) is 16.8. The molecule has 124 valence electrons. The van der Waals surface area contributed by atoms with E-state index in [4.69, 9.17) is 9.84 Å². The molecule has 0 aliphatic heterocycles. The van der Waals surface area contributed by atoms with Gasteiger partial charge in [0.25, 0.3) is 0 Å². The fraction of sp³-hybridized carbons (Fsp3) is 0.438. The van der Waals surface area contributed by atoms with Crippen molar-refractivity contribution in [1.29, 1.82) is 0 Å². The number of hydrogen-bond donors (Lipinski definition) is 2. The van der Waals surface area contributed by atoms with Gasteiger partial charge in [-0.05, 0) is 30.5 Å². The molecule has 0 bridgehead atoms. The summed E-state index contributed by atoms with van der Waals surface area (Å²) in [6.07, 6.45) is 1.16. The fourth-order valence-electron chi connectivity index (χ4n) is 2.45. The van der Waals surface area contributed by atoms with Crippen LogP contribution in [0.2, 0.25) is 0 Å². The highest BCUT2D eigenvalue weighted by Gasteiger charge is 2.57. The summed E-state index contributed by atoms with van der Waals surface area (Å²) in [5.41, 5.74) is -0.0233. The topological polar surface area (TPSA) is 95.9 Å². The maximum Gasteiger partial charge on any atom is 0.341 e. The molecule has 0 atom stereocenters. The minimum atomic E-state index is -1.04. The van der Waals surface area contributed by atoms with E-state index in [-0.39, 0.29) is 11.8 Å². The molecule has 2 rings (SSSR count). The quantitative estimate of drug-likeness (QED) is 0.719. The molecule has 1 aromatic carbocycles. The number of carbonyl (C=O) groups is 3. The fourth-order valence-corrected chi connectivity index (χ4v) is 2.45. The van der Waals surface area contributed by atoms with Crippen LogP contribution in [0.15, 0.2) is 24.3 Å². The van der Waals surface area contributed by atoms with Gasteiger partial charge < -0.3 is 20.1 Å². The van der Waals surface area contributed by atoms with Crippen molar-refractivity contribution in [3.05, 3.63) is 29.8 Å². The molecular formula is C16H20N2O5. The van der Waals surface area contributed by atoms with Gasteiger partial charge in [-0.15, -0.1) is 0 Å². The molecule has 1 fully saturated rings. The summed E-state index contributed by atoms with van der Waals surface area (Å²) in [5.74, 6) is -0.993. The Labute approximate surface area is 134 Å². The highest BCUT2D eigenvalue weighted by atomic mass is 16.5. The summed E-state index contributed by atoms with van der Waals surface area (Å²) >= 11 is 0. The number of nitrogens with zero attached hydrogens (tertiary/aromatic N) is 1. The number of rotatable bonds is 7. The molecule has 0 radical (unpaired) electrons. The van der Waals surface area contributed by atoms with E-state index >= 15 is 0 Å². The van der Waals surface area contributed by atoms with Gasteiger partial charge in [-0.1, -0.05) is 12.1 Å². The van der Waals surface area contributed by atoms with E-state index in [9.17, 15) is 14.4 Å². The number of carboxylic acids is 1. The van der Waals surface area contributed by atoms with Crippen molar-refractivity contribution in [2.75, 3.05) is 20.7 Å². The molecule has 1 aliphatic rings. The normalized spacial score (nSPS) is 14.7. The van der Waals surface area contributed by atoms with E-state index in [1.165, 1.54) is 11.9 Å². The standard InChI is InChI=1S/C16H20N2O5/c1-17-14(21)16(7-8-16)15(22)18(2)9-11-3-5-12(6-4-11)23-10-13(19)20/h3-6H,7-10H2,1-2H3,(H,17,21)(H,19,20). The van der Waals surface area contributed by atoms with Crippen molar-refractivity contribution in [2.45, 2.75) is 19.4 Å². The zero-order chi connectivity index (χ0) is 17.0. The molecule has 0 unspecified atom stereocenters. The highest BCUT2D eigenvalue weighted by molar-refractivity contribution is 6.07. The van der Waals surface area contributed by atoms with Crippen LogP contribution < -0.4 is 10.1 Å². The van der Waals surface area contributed by atoms with E-state index < -0.39 is 18.0 Å². The van der Waals surface area contributed by atoms with Crippen molar-refractivity contribution >= 4 is 17.8 Å². The van der Waals surface area contributed by atoms with Crippen LogP contribution in [-0.4, -0.2) is 48.5 Å². The highest BCUT2D eigenvalue weighted by Crippen LogP contribution is 2.47. The molecule has 0 spiro atoms. The van der Waals surface area contributed by atoms with Crippen molar-refractivity contribution in [2.24, 2.45) is 5.41 Å². The van der Waals surface area contributed by atoms with Gasteiger partial charge in [0, 0.05) is 20.6 Å². The van der Waals surface area contributed by atoms with Crippen LogP contribution >= 0.6 is 0 Å².